The molecule has 3 aliphatic carbocycles. The van der Waals surface area contributed by atoms with Gasteiger partial charge in [-0.05, 0) is 46.9 Å². The molecule has 3 aromatic carbocycles. The molecular formula is C25H17BrClNO2. The van der Waals surface area contributed by atoms with E-state index in [-0.39, 0.29) is 17.7 Å². The van der Waals surface area contributed by atoms with E-state index in [1.165, 1.54) is 4.90 Å². The van der Waals surface area contributed by atoms with Crippen molar-refractivity contribution in [2.24, 2.45) is 11.8 Å². The zero-order valence-corrected chi connectivity index (χ0v) is 18.4. The molecule has 2 bridgehead atoms. The van der Waals surface area contributed by atoms with E-state index in [1.807, 2.05) is 73.7 Å². The molecule has 0 unspecified atom stereocenters. The second-order valence-electron chi connectivity index (χ2n) is 8.31. The van der Waals surface area contributed by atoms with E-state index >= 15 is 0 Å². The lowest BCUT2D eigenvalue weighted by molar-refractivity contribution is -0.122. The van der Waals surface area contributed by atoms with Crippen LogP contribution in [0.25, 0.3) is 0 Å². The van der Waals surface area contributed by atoms with Crippen LogP contribution in [0.1, 0.15) is 33.7 Å². The van der Waals surface area contributed by atoms with Gasteiger partial charge in [0.15, 0.2) is 0 Å². The lowest BCUT2D eigenvalue weighted by Gasteiger charge is -2.50. The fraction of sp³-hybridized carbons (Fsp3) is 0.200. The Labute approximate surface area is 187 Å². The number of rotatable bonds is 1. The van der Waals surface area contributed by atoms with Crippen LogP contribution in [0.15, 0.2) is 71.2 Å². The number of hydrogen-bond donors (Lipinski definition) is 0. The lowest BCUT2D eigenvalue weighted by Crippen LogP contribution is -2.50. The molecule has 0 radical (unpaired) electrons. The number of halogens is 2. The first-order chi connectivity index (χ1) is 14.4. The van der Waals surface area contributed by atoms with E-state index < -0.39 is 16.7 Å². The van der Waals surface area contributed by atoms with Crippen molar-refractivity contribution in [2.75, 3.05) is 4.90 Å². The van der Waals surface area contributed by atoms with E-state index in [0.29, 0.717) is 5.69 Å². The summed E-state index contributed by atoms with van der Waals surface area (Å²) < 4.78 is 0.866. The molecule has 4 aliphatic rings. The first-order valence-electron chi connectivity index (χ1n) is 9.96. The number of anilines is 1. The Morgan fingerprint density at radius 3 is 2.10 bits per heavy atom. The highest BCUT2D eigenvalue weighted by molar-refractivity contribution is 9.10. The van der Waals surface area contributed by atoms with Crippen molar-refractivity contribution in [1.29, 1.82) is 0 Å². The molecular weight excluding hydrogens is 462 g/mol. The molecule has 148 valence electrons. The maximum atomic E-state index is 13.8. The maximum Gasteiger partial charge on any atom is 0.240 e. The minimum absolute atomic E-state index is 0.167. The van der Waals surface area contributed by atoms with Crippen molar-refractivity contribution in [3.8, 4) is 0 Å². The summed E-state index contributed by atoms with van der Waals surface area (Å²) in [6.07, 6.45) is 0. The zero-order valence-electron chi connectivity index (χ0n) is 16.1. The van der Waals surface area contributed by atoms with Crippen LogP contribution in [-0.2, 0) is 14.5 Å². The van der Waals surface area contributed by atoms with Gasteiger partial charge >= 0.3 is 0 Å². The largest absolute Gasteiger partial charge is 0.274 e. The summed E-state index contributed by atoms with van der Waals surface area (Å²) in [5.74, 6) is -1.68. The molecule has 5 heteroatoms. The van der Waals surface area contributed by atoms with Gasteiger partial charge in [0.2, 0.25) is 11.8 Å². The summed E-state index contributed by atoms with van der Waals surface area (Å²) >= 11 is 10.9. The smallest absolute Gasteiger partial charge is 0.240 e. The van der Waals surface area contributed by atoms with E-state index in [9.17, 15) is 9.59 Å². The Morgan fingerprint density at radius 1 is 0.900 bits per heavy atom. The number of aryl methyl sites for hydroxylation is 1. The van der Waals surface area contributed by atoms with Crippen LogP contribution in [-0.4, -0.2) is 11.8 Å². The number of benzene rings is 3. The van der Waals surface area contributed by atoms with Gasteiger partial charge in [0.25, 0.3) is 0 Å². The standard InChI is InChI=1S/C25H17BrClNO2/c1-13-10-11-14(12-19(13)26)28-23(29)21-20-15-6-2-4-8-17(15)25(27,22(21)24(28)30)18-9-5-3-7-16(18)20/h2-12,20-22H,1H3/t20?,21-,22-,25?/m0/s1. The fourth-order valence-electron chi connectivity index (χ4n) is 5.65. The highest BCUT2D eigenvalue weighted by Gasteiger charge is 2.67. The van der Waals surface area contributed by atoms with Crippen molar-refractivity contribution in [2.45, 2.75) is 17.7 Å². The van der Waals surface area contributed by atoms with Crippen molar-refractivity contribution < 1.29 is 9.59 Å². The minimum Gasteiger partial charge on any atom is -0.274 e. The Balaban J connectivity index is 1.60. The molecule has 0 saturated carbocycles. The van der Waals surface area contributed by atoms with Crippen LogP contribution >= 0.6 is 27.5 Å². The second-order valence-corrected chi connectivity index (χ2v) is 9.76. The molecule has 0 aromatic heterocycles. The van der Waals surface area contributed by atoms with Crippen LogP contribution in [0.2, 0.25) is 0 Å². The van der Waals surface area contributed by atoms with Crippen LogP contribution < -0.4 is 4.90 Å². The van der Waals surface area contributed by atoms with Gasteiger partial charge in [-0.2, -0.15) is 0 Å². The van der Waals surface area contributed by atoms with Crippen LogP contribution in [0.4, 0.5) is 5.69 Å². The number of imide groups is 1. The maximum absolute atomic E-state index is 13.8. The average molecular weight is 479 g/mol. The number of carbonyl (C=O) groups is 2. The van der Waals surface area contributed by atoms with E-state index in [4.69, 9.17) is 11.6 Å². The third-order valence-corrected chi connectivity index (χ3v) is 8.42. The summed E-state index contributed by atoms with van der Waals surface area (Å²) in [6.45, 7) is 1.97. The van der Waals surface area contributed by atoms with Gasteiger partial charge in [0.1, 0.15) is 4.87 Å². The Hall–Kier alpha value is -2.43. The highest BCUT2D eigenvalue weighted by Crippen LogP contribution is 2.65. The Morgan fingerprint density at radius 2 is 1.50 bits per heavy atom. The van der Waals surface area contributed by atoms with Crippen LogP contribution in [0.5, 0.6) is 0 Å². The summed E-state index contributed by atoms with van der Waals surface area (Å²) in [5.41, 5.74) is 5.64. The quantitative estimate of drug-likeness (QED) is 0.342. The van der Waals surface area contributed by atoms with Gasteiger partial charge < -0.3 is 0 Å². The number of amides is 2. The third kappa shape index (κ3) is 2.06. The van der Waals surface area contributed by atoms with Crippen LogP contribution in [0.3, 0.4) is 0 Å². The second kappa shape index (κ2) is 6.05. The first kappa shape index (κ1) is 18.3. The van der Waals surface area contributed by atoms with E-state index in [1.54, 1.807) is 0 Å². The van der Waals surface area contributed by atoms with Crippen LogP contribution in [0, 0.1) is 18.8 Å². The van der Waals surface area contributed by atoms with Gasteiger partial charge in [-0.15, -0.1) is 11.6 Å². The van der Waals surface area contributed by atoms with Crippen molar-refractivity contribution in [3.63, 3.8) is 0 Å². The van der Waals surface area contributed by atoms with Crippen molar-refractivity contribution >= 4 is 45.0 Å². The number of nitrogens with zero attached hydrogens (tertiary/aromatic N) is 1. The molecule has 2 atom stereocenters. The topological polar surface area (TPSA) is 37.4 Å². The minimum atomic E-state index is -1.05. The van der Waals surface area contributed by atoms with Gasteiger partial charge in [0.05, 0.1) is 17.5 Å². The molecule has 0 N–H and O–H groups in total. The predicted molar refractivity (Wildman–Crippen MR) is 120 cm³/mol. The molecule has 0 spiro atoms. The van der Waals surface area contributed by atoms with E-state index in [2.05, 4.69) is 15.9 Å². The predicted octanol–water partition coefficient (Wildman–Crippen LogP) is 5.50. The summed E-state index contributed by atoms with van der Waals surface area (Å²) in [7, 11) is 0. The molecule has 3 aromatic rings. The first-order valence-corrected chi connectivity index (χ1v) is 11.1. The molecule has 1 aliphatic heterocycles. The number of carbonyl (C=O) groups excluding carboxylic acids is 2. The van der Waals surface area contributed by atoms with Crippen molar-refractivity contribution in [3.05, 3.63) is 99.0 Å². The molecule has 2 amide bonds. The molecule has 3 nitrogen and oxygen atoms in total. The van der Waals surface area contributed by atoms with Crippen molar-refractivity contribution in [1.82, 2.24) is 0 Å². The lowest BCUT2D eigenvalue weighted by atomic mass is 9.54. The van der Waals surface area contributed by atoms with Gasteiger partial charge in [0, 0.05) is 10.4 Å². The average Bonchev–Trinajstić information content (AvgIpc) is 3.02. The molecule has 1 fully saturated rings. The Kier molecular flexibility index (Phi) is 3.70. The molecule has 30 heavy (non-hydrogen) atoms. The van der Waals surface area contributed by atoms with Gasteiger partial charge in [-0.3, -0.25) is 9.59 Å². The van der Waals surface area contributed by atoms with Gasteiger partial charge in [-0.1, -0.05) is 70.5 Å². The Bertz CT molecular complexity index is 1220. The molecule has 7 rings (SSSR count). The molecule has 1 saturated heterocycles. The SMILES string of the molecule is Cc1ccc(N2C(=O)[C@@H]3[C@@H](C2=O)C2c4ccccc4C3(Cl)c3ccccc32)cc1Br. The fourth-order valence-corrected chi connectivity index (χ4v) is 6.59. The summed E-state index contributed by atoms with van der Waals surface area (Å²) in [5, 5.41) is 0. The van der Waals surface area contributed by atoms with E-state index in [0.717, 1.165) is 32.3 Å². The zero-order chi connectivity index (χ0) is 20.8. The molecule has 1 heterocycles. The number of alkyl halides is 1. The number of hydrogen-bond acceptors (Lipinski definition) is 2. The van der Waals surface area contributed by atoms with Gasteiger partial charge in [-0.25, -0.2) is 4.90 Å². The normalized spacial score (nSPS) is 28.4. The monoisotopic (exact) mass is 477 g/mol. The summed E-state index contributed by atoms with van der Waals surface area (Å²) in [6, 6.07) is 21.6. The summed E-state index contributed by atoms with van der Waals surface area (Å²) in [4.78, 5) is 27.8. The third-order valence-electron chi connectivity index (χ3n) is 6.93. The highest BCUT2D eigenvalue weighted by atomic mass is 79.9.